The molecule has 33 heavy (non-hydrogen) atoms. The van der Waals surface area contributed by atoms with Crippen molar-refractivity contribution < 1.29 is 32.5 Å². The lowest BCUT2D eigenvalue weighted by Crippen LogP contribution is -2.46. The van der Waals surface area contributed by atoms with Crippen molar-refractivity contribution in [1.82, 2.24) is 4.90 Å². The smallest absolute Gasteiger partial charge is 0.329 e. The summed E-state index contributed by atoms with van der Waals surface area (Å²) in [4.78, 5) is 49.8. The van der Waals surface area contributed by atoms with E-state index < -0.39 is 57.4 Å². The first-order valence-electron chi connectivity index (χ1n) is 9.34. The van der Waals surface area contributed by atoms with E-state index in [0.717, 1.165) is 6.26 Å². The Kier molecular flexibility index (Phi) is 7.06. The fourth-order valence-corrected chi connectivity index (χ4v) is 4.25. The molecule has 0 saturated carbocycles. The Morgan fingerprint density at radius 2 is 1.67 bits per heavy atom. The summed E-state index contributed by atoms with van der Waals surface area (Å²) in [7, 11) is -3.57. The predicted octanol–water partition coefficient (Wildman–Crippen LogP) is 3.04. The van der Waals surface area contributed by atoms with E-state index in [4.69, 9.17) is 27.9 Å². The first kappa shape index (κ1) is 24.6. The molecular weight excluding hydrogens is 499 g/mol. The monoisotopic (exact) mass is 514 g/mol. The molecule has 10 nitrogen and oxygen atoms in total. The number of halogens is 2. The fraction of sp³-hybridized carbons (Fsp3) is 0.250. The summed E-state index contributed by atoms with van der Waals surface area (Å²) >= 11 is 11.9. The molecule has 1 aliphatic heterocycles. The summed E-state index contributed by atoms with van der Waals surface area (Å²) < 4.78 is 28.6. The maximum atomic E-state index is 12.9. The number of fused-ring (bicyclic) bond motifs is 1. The number of nitro groups is 1. The molecule has 174 valence electrons. The van der Waals surface area contributed by atoms with Gasteiger partial charge in [0, 0.05) is 12.3 Å². The summed E-state index contributed by atoms with van der Waals surface area (Å²) in [6.07, 6.45) is 0.506. The van der Waals surface area contributed by atoms with E-state index in [1.807, 2.05) is 0 Å². The van der Waals surface area contributed by atoms with Crippen molar-refractivity contribution in [2.24, 2.45) is 0 Å². The second-order valence-corrected chi connectivity index (χ2v) is 10.3. The summed E-state index contributed by atoms with van der Waals surface area (Å²) in [6.45, 7) is -0.522. The van der Waals surface area contributed by atoms with Crippen molar-refractivity contribution in [1.29, 1.82) is 0 Å². The van der Waals surface area contributed by atoms with Crippen LogP contribution in [-0.2, 0) is 26.0 Å². The average molecular weight is 515 g/mol. The molecule has 0 radical (unpaired) electrons. The topological polar surface area (TPSA) is 141 Å². The largest absolute Gasteiger partial charge is 0.459 e. The number of rotatable bonds is 8. The minimum atomic E-state index is -3.57. The Bertz CT molecular complexity index is 1240. The molecule has 0 aliphatic carbocycles. The Labute approximate surface area is 198 Å². The minimum absolute atomic E-state index is 0.0186. The predicted molar refractivity (Wildman–Crippen MR) is 118 cm³/mol. The van der Waals surface area contributed by atoms with Gasteiger partial charge in [-0.2, -0.15) is 0 Å². The summed E-state index contributed by atoms with van der Waals surface area (Å²) in [5.41, 5.74) is -0.392. The highest BCUT2D eigenvalue weighted by atomic mass is 35.5. The van der Waals surface area contributed by atoms with Gasteiger partial charge in [0.2, 0.25) is 0 Å². The molecule has 2 aromatic carbocycles. The van der Waals surface area contributed by atoms with E-state index in [0.29, 0.717) is 4.90 Å². The van der Waals surface area contributed by atoms with Gasteiger partial charge < -0.3 is 4.74 Å². The van der Waals surface area contributed by atoms with Crippen molar-refractivity contribution in [2.45, 2.75) is 19.1 Å². The fourth-order valence-electron chi connectivity index (χ4n) is 3.27. The Morgan fingerprint density at radius 3 is 2.18 bits per heavy atom. The van der Waals surface area contributed by atoms with Crippen LogP contribution in [0.25, 0.3) is 0 Å². The lowest BCUT2D eigenvalue weighted by Gasteiger charge is -2.24. The Hall–Kier alpha value is -3.02. The van der Waals surface area contributed by atoms with Gasteiger partial charge in [0.1, 0.15) is 22.5 Å². The number of esters is 1. The molecule has 2 aromatic rings. The van der Waals surface area contributed by atoms with E-state index >= 15 is 0 Å². The first-order valence-corrected chi connectivity index (χ1v) is 12.2. The van der Waals surface area contributed by atoms with Crippen LogP contribution in [-0.4, -0.2) is 54.1 Å². The second kappa shape index (κ2) is 9.46. The number of hydrogen-bond acceptors (Lipinski definition) is 8. The molecule has 1 heterocycles. The van der Waals surface area contributed by atoms with Crippen LogP contribution in [0.2, 0.25) is 10.0 Å². The number of amides is 2. The van der Waals surface area contributed by atoms with E-state index in [9.17, 15) is 32.9 Å². The highest BCUT2D eigenvalue weighted by molar-refractivity contribution is 7.90. The molecule has 2 amide bonds. The van der Waals surface area contributed by atoms with Gasteiger partial charge in [-0.3, -0.25) is 24.6 Å². The molecule has 0 bridgehead atoms. The zero-order chi connectivity index (χ0) is 24.5. The number of ether oxygens (including phenoxy) is 1. The molecular formula is C20H16Cl2N2O8S. The summed E-state index contributed by atoms with van der Waals surface area (Å²) in [5, 5.41) is 11.2. The third-order valence-corrected chi connectivity index (χ3v) is 6.56. The molecule has 1 aliphatic rings. The first-order chi connectivity index (χ1) is 15.4. The number of carbonyl (C=O) groups excluding carboxylic acids is 3. The van der Waals surface area contributed by atoms with Crippen LogP contribution in [0.3, 0.4) is 0 Å². The van der Waals surface area contributed by atoms with Crippen LogP contribution < -0.4 is 0 Å². The van der Waals surface area contributed by atoms with Crippen molar-refractivity contribution in [3.63, 3.8) is 0 Å². The highest BCUT2D eigenvalue weighted by Crippen LogP contribution is 2.33. The zero-order valence-electron chi connectivity index (χ0n) is 17.0. The van der Waals surface area contributed by atoms with E-state index in [-0.39, 0.29) is 32.4 Å². The molecule has 0 aromatic heterocycles. The number of carbonyl (C=O) groups is 3. The Morgan fingerprint density at radius 1 is 1.12 bits per heavy atom. The minimum Gasteiger partial charge on any atom is -0.459 e. The lowest BCUT2D eigenvalue weighted by molar-refractivity contribution is -0.385. The normalized spacial score (nSPS) is 14.2. The number of benzene rings is 2. The van der Waals surface area contributed by atoms with Crippen molar-refractivity contribution >= 4 is 56.5 Å². The van der Waals surface area contributed by atoms with Gasteiger partial charge in [-0.15, -0.1) is 0 Å². The molecule has 0 N–H and O–H groups in total. The van der Waals surface area contributed by atoms with Gasteiger partial charge in [-0.05, 0) is 24.6 Å². The van der Waals surface area contributed by atoms with Gasteiger partial charge in [-0.1, -0.05) is 35.3 Å². The molecule has 0 fully saturated rings. The summed E-state index contributed by atoms with van der Waals surface area (Å²) in [6, 6.07) is 6.33. The highest BCUT2D eigenvalue weighted by Gasteiger charge is 2.44. The van der Waals surface area contributed by atoms with Crippen LogP contribution in [0.4, 0.5) is 5.69 Å². The number of nitrogens with zero attached hydrogens (tertiary/aromatic N) is 2. The van der Waals surface area contributed by atoms with Crippen molar-refractivity contribution in [3.8, 4) is 0 Å². The molecule has 3 rings (SSSR count). The summed E-state index contributed by atoms with van der Waals surface area (Å²) in [5.74, 6) is -3.35. The molecule has 0 saturated heterocycles. The molecule has 0 unspecified atom stereocenters. The van der Waals surface area contributed by atoms with Crippen molar-refractivity contribution in [2.75, 3.05) is 12.0 Å². The third-order valence-electron chi connectivity index (χ3n) is 4.86. The van der Waals surface area contributed by atoms with Gasteiger partial charge in [0.25, 0.3) is 17.5 Å². The zero-order valence-corrected chi connectivity index (χ0v) is 19.3. The average Bonchev–Trinajstić information content (AvgIpc) is 2.96. The van der Waals surface area contributed by atoms with E-state index in [1.54, 1.807) is 0 Å². The second-order valence-electron chi connectivity index (χ2n) is 7.22. The van der Waals surface area contributed by atoms with Crippen molar-refractivity contribution in [3.05, 3.63) is 73.2 Å². The maximum Gasteiger partial charge on any atom is 0.329 e. The molecule has 0 spiro atoms. The van der Waals surface area contributed by atoms with Crippen LogP contribution in [0.15, 0.2) is 36.4 Å². The Balaban J connectivity index is 1.90. The number of imide groups is 1. The molecule has 13 heteroatoms. The number of hydrogen-bond donors (Lipinski definition) is 0. The number of sulfone groups is 1. The lowest BCUT2D eigenvalue weighted by atomic mass is 10.1. The van der Waals surface area contributed by atoms with Gasteiger partial charge in [0.15, 0.2) is 0 Å². The standard InChI is InChI=1S/C20H16Cl2N2O8S/c1-33(30,31)7-6-17(20(27)32-10-11-4-2-3-5-16(11)24(28)29)23-18(25)12-8-14(21)15(22)9-13(12)19(23)26/h2-5,8-9,17H,6-7,10H2,1H3/t17-/m1/s1. The SMILES string of the molecule is CS(=O)(=O)CC[C@H](C(=O)OCc1ccccc1[N+](=O)[O-])N1C(=O)c2cc(Cl)c(Cl)cc2C1=O. The van der Waals surface area contributed by atoms with Crippen LogP contribution >= 0.6 is 23.2 Å². The van der Waals surface area contributed by atoms with Crippen LogP contribution in [0.1, 0.15) is 32.7 Å². The van der Waals surface area contributed by atoms with Gasteiger partial charge in [0.05, 0.1) is 37.4 Å². The van der Waals surface area contributed by atoms with E-state index in [1.165, 1.54) is 36.4 Å². The van der Waals surface area contributed by atoms with Crippen LogP contribution in [0.5, 0.6) is 0 Å². The van der Waals surface area contributed by atoms with Gasteiger partial charge >= 0.3 is 5.97 Å². The third kappa shape index (κ3) is 5.32. The molecule has 1 atom stereocenters. The van der Waals surface area contributed by atoms with E-state index in [2.05, 4.69) is 0 Å². The van der Waals surface area contributed by atoms with Crippen LogP contribution in [0, 0.1) is 10.1 Å². The van der Waals surface area contributed by atoms with Gasteiger partial charge in [-0.25, -0.2) is 13.2 Å². The maximum absolute atomic E-state index is 12.9. The number of nitro benzene ring substituents is 1. The quantitative estimate of drug-likeness (QED) is 0.226. The number of para-hydroxylation sites is 1.